The zero-order valence-electron chi connectivity index (χ0n) is 16.1. The Balaban J connectivity index is 0.00000272. The van der Waals surface area contributed by atoms with Gasteiger partial charge in [-0.1, -0.05) is 6.07 Å². The highest BCUT2D eigenvalue weighted by Crippen LogP contribution is 2.24. The number of ether oxygens (including phenoxy) is 1. The van der Waals surface area contributed by atoms with E-state index in [0.29, 0.717) is 18.7 Å². The molecule has 0 radical (unpaired) electrons. The first kappa shape index (κ1) is 22.4. The second-order valence-electron chi connectivity index (χ2n) is 6.71. The third-order valence-electron chi connectivity index (χ3n) is 4.71. The molecular formula is C21H18ClF2N5O2. The van der Waals surface area contributed by atoms with Crippen molar-refractivity contribution >= 4 is 24.0 Å². The molecule has 0 aliphatic carbocycles. The highest BCUT2D eigenvalue weighted by Gasteiger charge is 2.18. The summed E-state index contributed by atoms with van der Waals surface area (Å²) in [5.74, 6) is -1.82. The maximum absolute atomic E-state index is 14.5. The molecule has 160 valence electrons. The van der Waals surface area contributed by atoms with Gasteiger partial charge in [-0.3, -0.25) is 4.79 Å². The number of carbonyl (C=O) groups is 1. The van der Waals surface area contributed by atoms with Crippen LogP contribution >= 0.6 is 12.4 Å². The van der Waals surface area contributed by atoms with Crippen LogP contribution < -0.4 is 10.6 Å². The molecule has 1 amide bonds. The Morgan fingerprint density at radius 2 is 2.10 bits per heavy atom. The molecule has 1 aromatic heterocycles. The van der Waals surface area contributed by atoms with Gasteiger partial charge in [0.1, 0.15) is 17.3 Å². The number of nitriles is 1. The number of carbonyl (C=O) groups excluding carboxylic acids is 1. The Morgan fingerprint density at radius 3 is 2.77 bits per heavy atom. The van der Waals surface area contributed by atoms with Crippen molar-refractivity contribution in [3.05, 3.63) is 77.1 Å². The smallest absolute Gasteiger partial charge is 0.258 e. The van der Waals surface area contributed by atoms with Crippen LogP contribution in [0.2, 0.25) is 0 Å². The van der Waals surface area contributed by atoms with Gasteiger partial charge < -0.3 is 15.4 Å². The van der Waals surface area contributed by atoms with Crippen LogP contribution in [0.1, 0.15) is 27.6 Å². The van der Waals surface area contributed by atoms with E-state index in [2.05, 4.69) is 15.7 Å². The van der Waals surface area contributed by atoms with Crippen molar-refractivity contribution in [3.63, 3.8) is 0 Å². The maximum atomic E-state index is 14.5. The Kier molecular flexibility index (Phi) is 6.97. The molecular weight excluding hydrogens is 428 g/mol. The second-order valence-corrected chi connectivity index (χ2v) is 6.71. The lowest BCUT2D eigenvalue weighted by Gasteiger charge is -2.24. The molecule has 3 aromatic rings. The molecule has 1 saturated heterocycles. The molecule has 2 aromatic carbocycles. The van der Waals surface area contributed by atoms with E-state index in [-0.39, 0.29) is 41.0 Å². The zero-order chi connectivity index (χ0) is 21.1. The van der Waals surface area contributed by atoms with Gasteiger partial charge in [-0.2, -0.15) is 10.4 Å². The van der Waals surface area contributed by atoms with Crippen LogP contribution in [0.15, 0.2) is 48.8 Å². The van der Waals surface area contributed by atoms with Gasteiger partial charge in [0.2, 0.25) is 0 Å². The highest BCUT2D eigenvalue weighted by atomic mass is 35.5. The molecule has 1 fully saturated rings. The maximum Gasteiger partial charge on any atom is 0.258 e. The molecule has 1 aliphatic heterocycles. The van der Waals surface area contributed by atoms with Crippen LogP contribution in [-0.4, -0.2) is 35.4 Å². The summed E-state index contributed by atoms with van der Waals surface area (Å²) >= 11 is 0. The molecule has 1 unspecified atom stereocenters. The summed E-state index contributed by atoms with van der Waals surface area (Å²) in [7, 11) is 0. The van der Waals surface area contributed by atoms with Gasteiger partial charge in [0, 0.05) is 19.3 Å². The van der Waals surface area contributed by atoms with Gasteiger partial charge >= 0.3 is 0 Å². The Hall–Kier alpha value is -3.32. The SMILES string of the molecule is Cl.N#Cc1ccc(-n2cc(C(=O)Nc3ccc(C4CNCCO4)cc3F)cn2)c(F)c1. The van der Waals surface area contributed by atoms with Gasteiger partial charge in [0.25, 0.3) is 5.91 Å². The summed E-state index contributed by atoms with van der Waals surface area (Å²) in [4.78, 5) is 12.5. The normalized spacial score (nSPS) is 15.6. The molecule has 7 nitrogen and oxygen atoms in total. The average molecular weight is 446 g/mol. The number of hydrogen-bond donors (Lipinski definition) is 2. The molecule has 0 bridgehead atoms. The van der Waals surface area contributed by atoms with Crippen molar-refractivity contribution in [2.45, 2.75) is 6.10 Å². The number of halogens is 3. The lowest BCUT2D eigenvalue weighted by molar-refractivity contribution is 0.0275. The van der Waals surface area contributed by atoms with Crippen molar-refractivity contribution in [3.8, 4) is 11.8 Å². The van der Waals surface area contributed by atoms with Crippen LogP contribution in [0.5, 0.6) is 0 Å². The predicted octanol–water partition coefficient (Wildman–Crippen LogP) is 3.36. The number of nitrogens with one attached hydrogen (secondary N) is 2. The number of nitrogens with zero attached hydrogens (tertiary/aromatic N) is 3. The summed E-state index contributed by atoms with van der Waals surface area (Å²) < 4.78 is 35.4. The average Bonchev–Trinajstić information content (AvgIpc) is 3.25. The van der Waals surface area contributed by atoms with E-state index in [0.717, 1.165) is 12.6 Å². The number of morpholine rings is 1. The third-order valence-corrected chi connectivity index (χ3v) is 4.71. The fourth-order valence-electron chi connectivity index (χ4n) is 3.14. The van der Waals surface area contributed by atoms with E-state index in [1.165, 1.54) is 41.3 Å². The molecule has 4 rings (SSSR count). The van der Waals surface area contributed by atoms with Gasteiger partial charge in [-0.05, 0) is 35.9 Å². The quantitative estimate of drug-likeness (QED) is 0.642. The Labute approximate surface area is 183 Å². The number of amides is 1. The standard InChI is InChI=1S/C21H17F2N5O2.ClH/c22-16-8-14(20-11-25-5-6-30-20)2-3-18(16)27-21(29)15-10-26-28(12-15)19-4-1-13(9-24)7-17(19)23;/h1-4,7-8,10,12,20,25H,5-6,11H2,(H,27,29);1H. The number of anilines is 1. The molecule has 1 aliphatic rings. The number of aromatic nitrogens is 2. The van der Waals surface area contributed by atoms with Gasteiger partial charge in [-0.15, -0.1) is 12.4 Å². The largest absolute Gasteiger partial charge is 0.371 e. The van der Waals surface area contributed by atoms with E-state index < -0.39 is 17.5 Å². The zero-order valence-corrected chi connectivity index (χ0v) is 17.0. The molecule has 10 heteroatoms. The third kappa shape index (κ3) is 4.88. The van der Waals surface area contributed by atoms with Crippen molar-refractivity contribution < 1.29 is 18.3 Å². The first-order chi connectivity index (χ1) is 14.5. The summed E-state index contributed by atoms with van der Waals surface area (Å²) in [6, 6.07) is 10.3. The van der Waals surface area contributed by atoms with E-state index in [1.54, 1.807) is 6.07 Å². The summed E-state index contributed by atoms with van der Waals surface area (Å²) in [6.45, 7) is 1.90. The minimum absolute atomic E-state index is 0. The summed E-state index contributed by atoms with van der Waals surface area (Å²) in [5, 5.41) is 18.5. The predicted molar refractivity (Wildman–Crippen MR) is 111 cm³/mol. The van der Waals surface area contributed by atoms with Crippen molar-refractivity contribution in [2.75, 3.05) is 25.0 Å². The Morgan fingerprint density at radius 1 is 1.26 bits per heavy atom. The lowest BCUT2D eigenvalue weighted by atomic mass is 10.1. The molecule has 31 heavy (non-hydrogen) atoms. The van der Waals surface area contributed by atoms with Crippen LogP contribution in [0, 0.1) is 23.0 Å². The fourth-order valence-corrected chi connectivity index (χ4v) is 3.14. The molecule has 0 saturated carbocycles. The van der Waals surface area contributed by atoms with Gasteiger partial charge in [0.15, 0.2) is 0 Å². The van der Waals surface area contributed by atoms with Crippen LogP contribution in [-0.2, 0) is 4.74 Å². The number of hydrogen-bond acceptors (Lipinski definition) is 5. The number of rotatable bonds is 4. The molecule has 1 atom stereocenters. The van der Waals surface area contributed by atoms with Crippen molar-refractivity contribution in [1.82, 2.24) is 15.1 Å². The van der Waals surface area contributed by atoms with Crippen LogP contribution in [0.4, 0.5) is 14.5 Å². The molecule has 2 heterocycles. The molecule has 2 N–H and O–H groups in total. The Bertz CT molecular complexity index is 1140. The second kappa shape index (κ2) is 9.66. The summed E-state index contributed by atoms with van der Waals surface area (Å²) in [5.41, 5.74) is 1.09. The molecule has 0 spiro atoms. The van der Waals surface area contributed by atoms with Crippen LogP contribution in [0.3, 0.4) is 0 Å². The van der Waals surface area contributed by atoms with Crippen LogP contribution in [0.25, 0.3) is 5.69 Å². The first-order valence-electron chi connectivity index (χ1n) is 9.23. The monoisotopic (exact) mass is 445 g/mol. The fraction of sp³-hybridized carbons (Fsp3) is 0.190. The first-order valence-corrected chi connectivity index (χ1v) is 9.23. The van der Waals surface area contributed by atoms with E-state index in [9.17, 15) is 13.6 Å². The van der Waals surface area contributed by atoms with E-state index in [1.807, 2.05) is 6.07 Å². The van der Waals surface area contributed by atoms with E-state index >= 15 is 0 Å². The minimum Gasteiger partial charge on any atom is -0.371 e. The van der Waals surface area contributed by atoms with Gasteiger partial charge in [0.05, 0.1) is 41.8 Å². The van der Waals surface area contributed by atoms with Crippen molar-refractivity contribution in [1.29, 1.82) is 5.26 Å². The topological polar surface area (TPSA) is 92.0 Å². The van der Waals surface area contributed by atoms with E-state index in [4.69, 9.17) is 10.00 Å². The minimum atomic E-state index is -0.648. The lowest BCUT2D eigenvalue weighted by Crippen LogP contribution is -2.33. The highest BCUT2D eigenvalue weighted by molar-refractivity contribution is 6.04. The van der Waals surface area contributed by atoms with Gasteiger partial charge in [-0.25, -0.2) is 13.5 Å². The summed E-state index contributed by atoms with van der Waals surface area (Å²) in [6.07, 6.45) is 2.34. The van der Waals surface area contributed by atoms with Crippen molar-refractivity contribution in [2.24, 2.45) is 0 Å². The number of benzene rings is 2.